The number of hydrogen-bond acceptors (Lipinski definition) is 2. The summed E-state index contributed by atoms with van der Waals surface area (Å²) in [6.07, 6.45) is 0.798. The summed E-state index contributed by atoms with van der Waals surface area (Å²) in [6.45, 7) is 0. The van der Waals surface area contributed by atoms with Crippen LogP contribution in [0.2, 0.25) is 0 Å². The number of carboxylic acid groups (broad SMARTS) is 1. The van der Waals surface area contributed by atoms with Gasteiger partial charge in [-0.1, -0.05) is 0 Å². The lowest BCUT2D eigenvalue weighted by Crippen LogP contribution is -2.48. The number of carboxylic acids is 1. The van der Waals surface area contributed by atoms with Crippen LogP contribution in [0.1, 0.15) is 25.7 Å². The molecule has 2 bridgehead atoms. The van der Waals surface area contributed by atoms with Crippen molar-refractivity contribution in [1.82, 2.24) is 0 Å². The highest BCUT2D eigenvalue weighted by Crippen LogP contribution is 2.52. The lowest BCUT2D eigenvalue weighted by atomic mass is 9.81. The van der Waals surface area contributed by atoms with Crippen LogP contribution in [0.15, 0.2) is 0 Å². The number of hydrogen-bond donors (Lipinski definition) is 2. The van der Waals surface area contributed by atoms with E-state index in [1.807, 2.05) is 0 Å². The predicted octanol–water partition coefficient (Wildman–Crippen LogP) is 0.960. The number of rotatable bonds is 2. The Kier molecular flexibility index (Phi) is 1.84. The smallest absolute Gasteiger partial charge is 0.341 e. The van der Waals surface area contributed by atoms with Gasteiger partial charge in [-0.15, -0.1) is 0 Å². The molecule has 0 spiro atoms. The van der Waals surface area contributed by atoms with Gasteiger partial charge in [0, 0.05) is 0 Å². The van der Waals surface area contributed by atoms with Gasteiger partial charge in [-0.05, 0) is 37.5 Å². The van der Waals surface area contributed by atoms with Gasteiger partial charge in [0.2, 0.25) is 6.17 Å². The molecule has 13 heavy (non-hydrogen) atoms. The van der Waals surface area contributed by atoms with Crippen molar-refractivity contribution in [1.29, 1.82) is 0 Å². The van der Waals surface area contributed by atoms with E-state index in [1.165, 1.54) is 0 Å². The van der Waals surface area contributed by atoms with E-state index in [9.17, 15) is 14.3 Å². The summed E-state index contributed by atoms with van der Waals surface area (Å²) in [5.74, 6) is -1.33. The quantitative estimate of drug-likeness (QED) is 0.678. The Labute approximate surface area is 75.6 Å². The van der Waals surface area contributed by atoms with Crippen LogP contribution in [0.25, 0.3) is 0 Å². The molecule has 4 atom stereocenters. The molecule has 2 aliphatic carbocycles. The summed E-state index contributed by atoms with van der Waals surface area (Å²) in [7, 11) is 0. The molecule has 74 valence electrons. The lowest BCUT2D eigenvalue weighted by Gasteiger charge is -2.33. The highest BCUT2D eigenvalue weighted by molar-refractivity contribution is 5.74. The summed E-state index contributed by atoms with van der Waals surface area (Å²) in [5, 5.41) is 18.4. The van der Waals surface area contributed by atoms with E-state index in [-0.39, 0.29) is 5.92 Å². The van der Waals surface area contributed by atoms with Crippen LogP contribution in [-0.4, -0.2) is 28.0 Å². The second-order valence-corrected chi connectivity index (χ2v) is 4.27. The number of alkyl halides is 1. The van der Waals surface area contributed by atoms with Crippen molar-refractivity contribution in [3.63, 3.8) is 0 Å². The molecule has 0 aromatic carbocycles. The fourth-order valence-electron chi connectivity index (χ4n) is 2.87. The zero-order valence-corrected chi connectivity index (χ0v) is 7.24. The SMILES string of the molecule is O=C(O)C(F)C1(O)CC2CCC1C2. The van der Waals surface area contributed by atoms with Crippen LogP contribution in [0.4, 0.5) is 4.39 Å². The van der Waals surface area contributed by atoms with E-state index in [0.717, 1.165) is 19.3 Å². The van der Waals surface area contributed by atoms with Gasteiger partial charge in [-0.25, -0.2) is 9.18 Å². The Hall–Kier alpha value is -0.640. The highest BCUT2D eigenvalue weighted by atomic mass is 19.1. The molecule has 4 unspecified atom stereocenters. The molecule has 0 radical (unpaired) electrons. The first-order valence-corrected chi connectivity index (χ1v) is 4.63. The van der Waals surface area contributed by atoms with E-state index in [2.05, 4.69) is 0 Å². The molecule has 0 saturated heterocycles. The van der Waals surface area contributed by atoms with Crippen molar-refractivity contribution in [3.8, 4) is 0 Å². The highest BCUT2D eigenvalue weighted by Gasteiger charge is 2.56. The van der Waals surface area contributed by atoms with E-state index in [0.29, 0.717) is 12.3 Å². The van der Waals surface area contributed by atoms with E-state index < -0.39 is 17.7 Å². The summed E-state index contributed by atoms with van der Waals surface area (Å²) >= 11 is 0. The summed E-state index contributed by atoms with van der Waals surface area (Å²) < 4.78 is 13.2. The predicted molar refractivity (Wildman–Crippen MR) is 42.9 cm³/mol. The largest absolute Gasteiger partial charge is 0.479 e. The third-order valence-corrected chi connectivity index (χ3v) is 3.52. The molecule has 0 aliphatic heterocycles. The topological polar surface area (TPSA) is 57.5 Å². The molecule has 0 aromatic rings. The minimum Gasteiger partial charge on any atom is -0.479 e. The minimum absolute atomic E-state index is 0.136. The van der Waals surface area contributed by atoms with Gasteiger partial charge in [-0.2, -0.15) is 0 Å². The van der Waals surface area contributed by atoms with Crippen molar-refractivity contribution in [2.24, 2.45) is 11.8 Å². The summed E-state index contributed by atoms with van der Waals surface area (Å²) in [5.41, 5.74) is -1.57. The van der Waals surface area contributed by atoms with E-state index in [1.54, 1.807) is 0 Å². The number of aliphatic hydroxyl groups is 1. The Morgan fingerprint density at radius 3 is 2.62 bits per heavy atom. The normalized spacial score (nSPS) is 45.1. The molecule has 0 aromatic heterocycles. The number of fused-ring (bicyclic) bond motifs is 2. The van der Waals surface area contributed by atoms with Gasteiger partial charge >= 0.3 is 5.97 Å². The molecule has 2 saturated carbocycles. The van der Waals surface area contributed by atoms with Gasteiger partial charge in [0.1, 0.15) is 5.60 Å². The molecular formula is C9H13FO3. The number of halogens is 1. The first kappa shape index (κ1) is 8.94. The van der Waals surface area contributed by atoms with Gasteiger partial charge in [0.15, 0.2) is 0 Å². The zero-order valence-electron chi connectivity index (χ0n) is 7.24. The van der Waals surface area contributed by atoms with Crippen molar-refractivity contribution < 1.29 is 19.4 Å². The molecule has 0 heterocycles. The Morgan fingerprint density at radius 2 is 2.23 bits per heavy atom. The molecule has 2 N–H and O–H groups in total. The minimum atomic E-state index is -2.11. The molecule has 2 fully saturated rings. The van der Waals surface area contributed by atoms with Gasteiger partial charge in [-0.3, -0.25) is 0 Å². The van der Waals surface area contributed by atoms with Crippen molar-refractivity contribution >= 4 is 5.97 Å². The Balaban J connectivity index is 2.17. The van der Waals surface area contributed by atoms with Crippen LogP contribution in [-0.2, 0) is 4.79 Å². The third kappa shape index (κ3) is 1.15. The molecule has 4 heteroatoms. The second-order valence-electron chi connectivity index (χ2n) is 4.27. The maximum absolute atomic E-state index is 13.2. The van der Waals surface area contributed by atoms with Crippen LogP contribution in [0.5, 0.6) is 0 Å². The fraction of sp³-hybridized carbons (Fsp3) is 0.889. The maximum atomic E-state index is 13.2. The first-order valence-electron chi connectivity index (χ1n) is 4.63. The van der Waals surface area contributed by atoms with Gasteiger partial charge < -0.3 is 10.2 Å². The standard InChI is InChI=1S/C9H13FO3/c10-7(8(11)12)9(13)4-5-1-2-6(9)3-5/h5-7,13H,1-4H2,(H,11,12). The summed E-state index contributed by atoms with van der Waals surface area (Å²) in [4.78, 5) is 10.4. The van der Waals surface area contributed by atoms with Crippen LogP contribution in [0, 0.1) is 11.8 Å². The average Bonchev–Trinajstić information content (AvgIpc) is 2.62. The molecular weight excluding hydrogens is 175 g/mol. The van der Waals surface area contributed by atoms with E-state index in [4.69, 9.17) is 5.11 Å². The van der Waals surface area contributed by atoms with Crippen LogP contribution < -0.4 is 0 Å². The molecule has 3 nitrogen and oxygen atoms in total. The van der Waals surface area contributed by atoms with Crippen molar-refractivity contribution in [3.05, 3.63) is 0 Å². The monoisotopic (exact) mass is 188 g/mol. The Bertz CT molecular complexity index is 243. The van der Waals surface area contributed by atoms with Gasteiger partial charge in [0.05, 0.1) is 0 Å². The lowest BCUT2D eigenvalue weighted by molar-refractivity contribution is -0.159. The third-order valence-electron chi connectivity index (χ3n) is 3.52. The van der Waals surface area contributed by atoms with Gasteiger partial charge in [0.25, 0.3) is 0 Å². The number of aliphatic carboxylic acids is 1. The summed E-state index contributed by atoms with van der Waals surface area (Å²) in [6, 6.07) is 0. The van der Waals surface area contributed by atoms with Crippen molar-refractivity contribution in [2.45, 2.75) is 37.5 Å². The Morgan fingerprint density at radius 1 is 1.54 bits per heavy atom. The molecule has 0 amide bonds. The number of carbonyl (C=O) groups is 1. The van der Waals surface area contributed by atoms with E-state index >= 15 is 0 Å². The maximum Gasteiger partial charge on any atom is 0.341 e. The zero-order chi connectivity index (χ0) is 9.64. The molecule has 2 aliphatic rings. The average molecular weight is 188 g/mol. The van der Waals surface area contributed by atoms with Crippen LogP contribution >= 0.6 is 0 Å². The fourth-order valence-corrected chi connectivity index (χ4v) is 2.87. The molecule has 2 rings (SSSR count). The van der Waals surface area contributed by atoms with Crippen molar-refractivity contribution in [2.75, 3.05) is 0 Å². The van der Waals surface area contributed by atoms with Crippen LogP contribution in [0.3, 0.4) is 0 Å². The first-order chi connectivity index (χ1) is 6.04. The second kappa shape index (κ2) is 2.67.